The average Bonchev–Trinajstić information content (AvgIpc) is 2.19. The highest BCUT2D eigenvalue weighted by Gasteiger charge is 1.93. The second-order valence-corrected chi connectivity index (χ2v) is 3.07. The van der Waals surface area contributed by atoms with Gasteiger partial charge in [0.05, 0.1) is 20.3 Å². The van der Waals surface area contributed by atoms with Crippen LogP contribution < -0.4 is 4.74 Å². The van der Waals surface area contributed by atoms with E-state index in [4.69, 9.17) is 9.47 Å². The molecule has 0 saturated carbocycles. The zero-order chi connectivity index (χ0) is 9.52. The highest BCUT2D eigenvalue weighted by Crippen LogP contribution is 2.11. The van der Waals surface area contributed by atoms with Crippen LogP contribution in [0.25, 0.3) is 0 Å². The van der Waals surface area contributed by atoms with Crippen LogP contribution in [0.1, 0.15) is 5.56 Å². The molecule has 0 saturated heterocycles. The summed E-state index contributed by atoms with van der Waals surface area (Å²) in [6.07, 6.45) is 0. The minimum atomic E-state index is 0.643. The molecule has 0 aliphatic heterocycles. The maximum Gasteiger partial charge on any atom is 0.118 e. The Kier molecular flexibility index (Phi) is 4.72. The van der Waals surface area contributed by atoms with Crippen LogP contribution in [0.3, 0.4) is 0 Å². The third kappa shape index (κ3) is 3.70. The summed E-state index contributed by atoms with van der Waals surface area (Å²) in [5.74, 6) is 1.63. The first kappa shape index (κ1) is 10.4. The van der Waals surface area contributed by atoms with Gasteiger partial charge in [0.15, 0.2) is 0 Å². The molecule has 1 rings (SSSR count). The van der Waals surface area contributed by atoms with Crippen LogP contribution >= 0.6 is 12.6 Å². The number of benzene rings is 1. The molecule has 0 unspecified atom stereocenters. The molecule has 0 spiro atoms. The maximum atomic E-state index is 5.33. The lowest BCUT2D eigenvalue weighted by atomic mass is 10.2. The van der Waals surface area contributed by atoms with E-state index in [2.05, 4.69) is 12.6 Å². The molecule has 0 radical (unpaired) electrons. The van der Waals surface area contributed by atoms with Crippen molar-refractivity contribution < 1.29 is 9.47 Å². The van der Waals surface area contributed by atoms with E-state index in [1.165, 1.54) is 0 Å². The summed E-state index contributed by atoms with van der Waals surface area (Å²) in [5.41, 5.74) is 1.16. The van der Waals surface area contributed by atoms with Crippen LogP contribution in [0.4, 0.5) is 0 Å². The molecule has 0 atom stereocenters. The molecule has 72 valence electrons. The number of rotatable bonds is 5. The van der Waals surface area contributed by atoms with Gasteiger partial charge in [-0.1, -0.05) is 12.1 Å². The molecular weight excluding hydrogens is 184 g/mol. The van der Waals surface area contributed by atoms with Gasteiger partial charge < -0.3 is 9.47 Å². The fraction of sp³-hybridized carbons (Fsp3) is 0.400. The largest absolute Gasteiger partial charge is 0.497 e. The molecule has 0 fully saturated rings. The van der Waals surface area contributed by atoms with Gasteiger partial charge in [-0.25, -0.2) is 0 Å². The van der Waals surface area contributed by atoms with Gasteiger partial charge in [0.1, 0.15) is 5.75 Å². The van der Waals surface area contributed by atoms with Crippen LogP contribution in [0, 0.1) is 0 Å². The van der Waals surface area contributed by atoms with E-state index in [0.717, 1.165) is 17.1 Å². The zero-order valence-electron chi connectivity index (χ0n) is 7.69. The van der Waals surface area contributed by atoms with Crippen LogP contribution in [-0.4, -0.2) is 19.5 Å². The highest BCUT2D eigenvalue weighted by molar-refractivity contribution is 7.80. The maximum absolute atomic E-state index is 5.33. The molecule has 1 aromatic rings. The molecule has 0 N–H and O–H groups in total. The Morgan fingerprint density at radius 3 is 2.46 bits per heavy atom. The van der Waals surface area contributed by atoms with Gasteiger partial charge in [-0.3, -0.25) is 0 Å². The van der Waals surface area contributed by atoms with Crippen molar-refractivity contribution in [3.8, 4) is 5.75 Å². The highest BCUT2D eigenvalue weighted by atomic mass is 32.1. The summed E-state index contributed by atoms with van der Waals surface area (Å²) in [6, 6.07) is 7.85. The topological polar surface area (TPSA) is 18.5 Å². The molecule has 1 aromatic carbocycles. The Labute approximate surface area is 84.3 Å². The van der Waals surface area contributed by atoms with E-state index >= 15 is 0 Å². The van der Waals surface area contributed by atoms with Crippen LogP contribution in [-0.2, 0) is 11.3 Å². The molecule has 3 heteroatoms. The smallest absolute Gasteiger partial charge is 0.118 e. The van der Waals surface area contributed by atoms with Gasteiger partial charge in [-0.05, 0) is 17.7 Å². The third-order valence-corrected chi connectivity index (χ3v) is 1.85. The van der Waals surface area contributed by atoms with Crippen LogP contribution in [0.15, 0.2) is 24.3 Å². The zero-order valence-corrected chi connectivity index (χ0v) is 8.59. The van der Waals surface area contributed by atoms with Gasteiger partial charge in [-0.2, -0.15) is 12.6 Å². The van der Waals surface area contributed by atoms with Crippen LogP contribution in [0.2, 0.25) is 0 Å². The number of hydrogen-bond donors (Lipinski definition) is 1. The average molecular weight is 198 g/mol. The second kappa shape index (κ2) is 5.89. The Morgan fingerprint density at radius 1 is 1.23 bits per heavy atom. The molecule has 2 nitrogen and oxygen atoms in total. The number of methoxy groups -OCH3 is 1. The number of thiol groups is 1. The standard InChI is InChI=1S/C10H14O2S/c1-11-10-4-2-9(3-5-10)8-12-6-7-13/h2-5,13H,6-8H2,1H3. The fourth-order valence-electron chi connectivity index (χ4n) is 0.976. The summed E-state index contributed by atoms with van der Waals surface area (Å²) in [6.45, 7) is 1.33. The first-order valence-electron chi connectivity index (χ1n) is 4.18. The van der Waals surface area contributed by atoms with Crippen LogP contribution in [0.5, 0.6) is 5.75 Å². The van der Waals surface area contributed by atoms with E-state index in [1.807, 2.05) is 24.3 Å². The first-order valence-corrected chi connectivity index (χ1v) is 4.81. The fourth-order valence-corrected chi connectivity index (χ4v) is 1.11. The Bertz CT molecular complexity index is 233. The van der Waals surface area contributed by atoms with E-state index in [9.17, 15) is 0 Å². The van der Waals surface area contributed by atoms with E-state index < -0.39 is 0 Å². The van der Waals surface area contributed by atoms with E-state index in [-0.39, 0.29) is 0 Å². The summed E-state index contributed by atoms with van der Waals surface area (Å²) in [4.78, 5) is 0. The monoisotopic (exact) mass is 198 g/mol. The molecule has 0 aliphatic carbocycles. The van der Waals surface area contributed by atoms with Gasteiger partial charge >= 0.3 is 0 Å². The summed E-state index contributed by atoms with van der Waals surface area (Å²) in [5, 5.41) is 0. The Morgan fingerprint density at radius 2 is 1.92 bits per heavy atom. The SMILES string of the molecule is COc1ccc(COCCS)cc1. The van der Waals surface area contributed by atoms with Crippen molar-refractivity contribution in [2.75, 3.05) is 19.5 Å². The lowest BCUT2D eigenvalue weighted by Crippen LogP contribution is -1.96. The molecule has 13 heavy (non-hydrogen) atoms. The van der Waals surface area contributed by atoms with Gasteiger partial charge in [0.2, 0.25) is 0 Å². The van der Waals surface area contributed by atoms with E-state index in [0.29, 0.717) is 13.2 Å². The predicted octanol–water partition coefficient (Wildman–Crippen LogP) is 2.14. The van der Waals surface area contributed by atoms with Crippen molar-refractivity contribution in [2.24, 2.45) is 0 Å². The molecule has 0 heterocycles. The van der Waals surface area contributed by atoms with Crippen molar-refractivity contribution in [3.05, 3.63) is 29.8 Å². The molecular formula is C10H14O2S. The predicted molar refractivity (Wildman–Crippen MR) is 56.5 cm³/mol. The van der Waals surface area contributed by atoms with Crippen molar-refractivity contribution in [3.63, 3.8) is 0 Å². The number of hydrogen-bond acceptors (Lipinski definition) is 3. The Balaban J connectivity index is 2.40. The Hall–Kier alpha value is -0.670. The normalized spacial score (nSPS) is 10.0. The second-order valence-electron chi connectivity index (χ2n) is 2.62. The van der Waals surface area contributed by atoms with Crippen molar-refractivity contribution in [2.45, 2.75) is 6.61 Å². The molecule has 0 bridgehead atoms. The van der Waals surface area contributed by atoms with Crippen molar-refractivity contribution in [1.29, 1.82) is 0 Å². The minimum absolute atomic E-state index is 0.643. The lowest BCUT2D eigenvalue weighted by molar-refractivity contribution is 0.136. The lowest BCUT2D eigenvalue weighted by Gasteiger charge is -2.03. The third-order valence-electron chi connectivity index (χ3n) is 1.66. The molecule has 0 aliphatic rings. The first-order chi connectivity index (χ1) is 6.36. The van der Waals surface area contributed by atoms with Crippen molar-refractivity contribution in [1.82, 2.24) is 0 Å². The minimum Gasteiger partial charge on any atom is -0.497 e. The van der Waals surface area contributed by atoms with E-state index in [1.54, 1.807) is 7.11 Å². The van der Waals surface area contributed by atoms with Gasteiger partial charge in [0, 0.05) is 5.75 Å². The summed E-state index contributed by atoms with van der Waals surface area (Å²) in [7, 11) is 1.66. The summed E-state index contributed by atoms with van der Waals surface area (Å²) < 4.78 is 10.4. The van der Waals surface area contributed by atoms with Gasteiger partial charge in [0.25, 0.3) is 0 Å². The molecule has 0 aromatic heterocycles. The molecule has 0 amide bonds. The van der Waals surface area contributed by atoms with Crippen molar-refractivity contribution >= 4 is 12.6 Å². The quantitative estimate of drug-likeness (QED) is 0.577. The summed E-state index contributed by atoms with van der Waals surface area (Å²) >= 11 is 4.05. The number of ether oxygens (including phenoxy) is 2. The van der Waals surface area contributed by atoms with Gasteiger partial charge in [-0.15, -0.1) is 0 Å².